The highest BCUT2D eigenvalue weighted by molar-refractivity contribution is 4.92. The van der Waals surface area contributed by atoms with Crippen molar-refractivity contribution < 1.29 is 4.74 Å². The maximum atomic E-state index is 5.89. The van der Waals surface area contributed by atoms with Crippen LogP contribution in [0.4, 0.5) is 0 Å². The standard InChI is InChI=1S/C12H22N2O/c1-9-2-3-12(15-9)8-14-6-10-4-13-5-11(10)7-14/h9-13H,2-8H2,1H3/t9?,10-,11+,12?. The highest BCUT2D eigenvalue weighted by Crippen LogP contribution is 2.28. The van der Waals surface area contributed by atoms with Crippen LogP contribution in [-0.2, 0) is 4.74 Å². The molecule has 0 aromatic heterocycles. The van der Waals surface area contributed by atoms with E-state index in [2.05, 4.69) is 17.1 Å². The minimum atomic E-state index is 0.499. The number of rotatable bonds is 2. The Labute approximate surface area is 92.2 Å². The van der Waals surface area contributed by atoms with Crippen LogP contribution in [0.3, 0.4) is 0 Å². The quantitative estimate of drug-likeness (QED) is 0.726. The molecule has 3 nitrogen and oxygen atoms in total. The average molecular weight is 210 g/mol. The molecule has 0 amide bonds. The molecule has 3 saturated heterocycles. The van der Waals surface area contributed by atoms with E-state index in [4.69, 9.17) is 4.74 Å². The van der Waals surface area contributed by atoms with Crippen LogP contribution in [0.25, 0.3) is 0 Å². The summed E-state index contributed by atoms with van der Waals surface area (Å²) in [6.07, 6.45) is 3.54. The zero-order valence-corrected chi connectivity index (χ0v) is 9.61. The van der Waals surface area contributed by atoms with Gasteiger partial charge >= 0.3 is 0 Å². The largest absolute Gasteiger partial charge is 0.374 e. The molecular formula is C12H22N2O. The Morgan fingerprint density at radius 3 is 2.53 bits per heavy atom. The van der Waals surface area contributed by atoms with Gasteiger partial charge in [0.2, 0.25) is 0 Å². The first-order valence-electron chi connectivity index (χ1n) is 6.40. The summed E-state index contributed by atoms with van der Waals surface area (Å²) in [6, 6.07) is 0. The van der Waals surface area contributed by atoms with Gasteiger partial charge in [0.25, 0.3) is 0 Å². The van der Waals surface area contributed by atoms with Crippen molar-refractivity contribution in [3.8, 4) is 0 Å². The molecule has 3 rings (SSSR count). The first kappa shape index (κ1) is 10.1. The Hall–Kier alpha value is -0.120. The molecule has 3 heteroatoms. The predicted molar refractivity (Wildman–Crippen MR) is 59.9 cm³/mol. The molecule has 3 heterocycles. The van der Waals surface area contributed by atoms with Crippen molar-refractivity contribution in [2.75, 3.05) is 32.7 Å². The minimum absolute atomic E-state index is 0.499. The van der Waals surface area contributed by atoms with Gasteiger partial charge in [-0.05, 0) is 44.7 Å². The predicted octanol–water partition coefficient (Wildman–Crippen LogP) is 0.705. The molecule has 0 saturated carbocycles. The first-order chi connectivity index (χ1) is 7.31. The SMILES string of the molecule is CC1CCC(CN2C[C@H]3CNC[C@H]3C2)O1. The van der Waals surface area contributed by atoms with E-state index in [1.165, 1.54) is 45.6 Å². The van der Waals surface area contributed by atoms with E-state index < -0.39 is 0 Å². The zero-order chi connectivity index (χ0) is 10.3. The highest BCUT2D eigenvalue weighted by Gasteiger charge is 2.37. The van der Waals surface area contributed by atoms with Gasteiger partial charge in [0.05, 0.1) is 12.2 Å². The van der Waals surface area contributed by atoms with Crippen molar-refractivity contribution in [3.05, 3.63) is 0 Å². The van der Waals surface area contributed by atoms with Crippen molar-refractivity contribution in [2.45, 2.75) is 32.0 Å². The third-order valence-electron chi connectivity index (χ3n) is 4.25. The molecule has 4 atom stereocenters. The van der Waals surface area contributed by atoms with E-state index in [0.717, 1.165) is 11.8 Å². The summed E-state index contributed by atoms with van der Waals surface area (Å²) in [5.74, 6) is 1.84. The number of hydrogen-bond acceptors (Lipinski definition) is 3. The third kappa shape index (κ3) is 2.05. The first-order valence-corrected chi connectivity index (χ1v) is 6.40. The molecule has 86 valence electrons. The van der Waals surface area contributed by atoms with E-state index >= 15 is 0 Å². The molecule has 0 bridgehead atoms. The summed E-state index contributed by atoms with van der Waals surface area (Å²) >= 11 is 0. The maximum absolute atomic E-state index is 5.89. The molecule has 3 fully saturated rings. The summed E-state index contributed by atoms with van der Waals surface area (Å²) < 4.78 is 5.89. The van der Waals surface area contributed by atoms with Gasteiger partial charge in [0.15, 0.2) is 0 Å². The van der Waals surface area contributed by atoms with Crippen molar-refractivity contribution >= 4 is 0 Å². The second-order valence-corrected chi connectivity index (χ2v) is 5.54. The Kier molecular flexibility index (Phi) is 2.71. The van der Waals surface area contributed by atoms with E-state index in [9.17, 15) is 0 Å². The third-order valence-corrected chi connectivity index (χ3v) is 4.25. The van der Waals surface area contributed by atoms with Gasteiger partial charge in [-0.2, -0.15) is 0 Å². The van der Waals surface area contributed by atoms with Crippen LogP contribution in [0.1, 0.15) is 19.8 Å². The van der Waals surface area contributed by atoms with Crippen LogP contribution >= 0.6 is 0 Å². The van der Waals surface area contributed by atoms with E-state index in [1.54, 1.807) is 0 Å². The lowest BCUT2D eigenvalue weighted by Gasteiger charge is -2.21. The van der Waals surface area contributed by atoms with E-state index in [0.29, 0.717) is 12.2 Å². The van der Waals surface area contributed by atoms with Crippen LogP contribution in [-0.4, -0.2) is 49.8 Å². The Morgan fingerprint density at radius 1 is 1.20 bits per heavy atom. The molecule has 0 aliphatic carbocycles. The van der Waals surface area contributed by atoms with Crippen molar-refractivity contribution in [3.63, 3.8) is 0 Å². The zero-order valence-electron chi connectivity index (χ0n) is 9.61. The molecule has 2 unspecified atom stereocenters. The molecule has 0 spiro atoms. The fraction of sp³-hybridized carbons (Fsp3) is 1.00. The lowest BCUT2D eigenvalue weighted by molar-refractivity contribution is 0.0348. The fourth-order valence-corrected chi connectivity index (χ4v) is 3.41. The van der Waals surface area contributed by atoms with Gasteiger partial charge in [-0.25, -0.2) is 0 Å². The van der Waals surface area contributed by atoms with Gasteiger partial charge in [0.1, 0.15) is 0 Å². The van der Waals surface area contributed by atoms with Crippen molar-refractivity contribution in [1.29, 1.82) is 0 Å². The minimum Gasteiger partial charge on any atom is -0.374 e. The second kappa shape index (κ2) is 4.04. The highest BCUT2D eigenvalue weighted by atomic mass is 16.5. The lowest BCUT2D eigenvalue weighted by atomic mass is 10.0. The molecule has 3 aliphatic heterocycles. The monoisotopic (exact) mass is 210 g/mol. The van der Waals surface area contributed by atoms with Crippen LogP contribution in [0, 0.1) is 11.8 Å². The van der Waals surface area contributed by atoms with Gasteiger partial charge in [-0.15, -0.1) is 0 Å². The molecule has 0 radical (unpaired) electrons. The molecule has 1 N–H and O–H groups in total. The second-order valence-electron chi connectivity index (χ2n) is 5.54. The van der Waals surface area contributed by atoms with Gasteiger partial charge in [-0.3, -0.25) is 0 Å². The number of likely N-dealkylation sites (tertiary alicyclic amines) is 1. The Balaban J connectivity index is 1.49. The molecule has 15 heavy (non-hydrogen) atoms. The lowest BCUT2D eigenvalue weighted by Crippen LogP contribution is -2.33. The van der Waals surface area contributed by atoms with Crippen LogP contribution in [0.5, 0.6) is 0 Å². The Bertz CT molecular complexity index is 222. The van der Waals surface area contributed by atoms with E-state index in [-0.39, 0.29) is 0 Å². The van der Waals surface area contributed by atoms with Crippen LogP contribution in [0.2, 0.25) is 0 Å². The van der Waals surface area contributed by atoms with Crippen LogP contribution in [0.15, 0.2) is 0 Å². The number of nitrogens with one attached hydrogen (secondary N) is 1. The maximum Gasteiger partial charge on any atom is 0.0706 e. The van der Waals surface area contributed by atoms with Gasteiger partial charge in [-0.1, -0.05) is 0 Å². The summed E-state index contributed by atoms with van der Waals surface area (Å²) in [6.45, 7) is 8.45. The summed E-state index contributed by atoms with van der Waals surface area (Å²) in [7, 11) is 0. The smallest absolute Gasteiger partial charge is 0.0706 e. The average Bonchev–Trinajstić information content (AvgIpc) is 2.81. The molecule has 0 aromatic carbocycles. The van der Waals surface area contributed by atoms with Gasteiger partial charge < -0.3 is 15.0 Å². The fourth-order valence-electron chi connectivity index (χ4n) is 3.41. The van der Waals surface area contributed by atoms with Crippen molar-refractivity contribution in [2.24, 2.45) is 11.8 Å². The van der Waals surface area contributed by atoms with Gasteiger partial charge in [0, 0.05) is 19.6 Å². The number of fused-ring (bicyclic) bond motifs is 1. The number of nitrogens with zero attached hydrogens (tertiary/aromatic N) is 1. The van der Waals surface area contributed by atoms with E-state index in [1.807, 2.05) is 0 Å². The number of ether oxygens (including phenoxy) is 1. The molecular weight excluding hydrogens is 188 g/mol. The van der Waals surface area contributed by atoms with Crippen LogP contribution < -0.4 is 5.32 Å². The normalized spacial score (nSPS) is 46.2. The topological polar surface area (TPSA) is 24.5 Å². The summed E-state index contributed by atoms with van der Waals surface area (Å²) in [4.78, 5) is 2.62. The summed E-state index contributed by atoms with van der Waals surface area (Å²) in [5, 5.41) is 3.49. The van der Waals surface area contributed by atoms with Crippen molar-refractivity contribution in [1.82, 2.24) is 10.2 Å². The molecule has 0 aromatic rings. The molecule has 3 aliphatic rings. The summed E-state index contributed by atoms with van der Waals surface area (Å²) in [5.41, 5.74) is 0. The number of hydrogen-bond donors (Lipinski definition) is 1. The Morgan fingerprint density at radius 2 is 1.93 bits per heavy atom.